The Kier molecular flexibility index (Phi) is 5.09. The van der Waals surface area contributed by atoms with Crippen molar-refractivity contribution in [1.82, 2.24) is 24.5 Å². The summed E-state index contributed by atoms with van der Waals surface area (Å²) in [5, 5.41) is 9.25. The van der Waals surface area contributed by atoms with Crippen LogP contribution in [0.5, 0.6) is 0 Å². The normalized spacial score (nSPS) is 10.9. The van der Waals surface area contributed by atoms with Gasteiger partial charge in [-0.3, -0.25) is 9.78 Å². The van der Waals surface area contributed by atoms with Crippen molar-refractivity contribution in [1.29, 1.82) is 0 Å². The molecule has 32 heavy (non-hydrogen) atoms. The Morgan fingerprint density at radius 1 is 0.906 bits per heavy atom. The minimum atomic E-state index is -0.487. The molecule has 0 aliphatic heterocycles. The lowest BCUT2D eigenvalue weighted by Crippen LogP contribution is -2.15. The van der Waals surface area contributed by atoms with Gasteiger partial charge in [0.2, 0.25) is 5.43 Å². The van der Waals surface area contributed by atoms with E-state index >= 15 is 0 Å². The van der Waals surface area contributed by atoms with E-state index < -0.39 is 5.82 Å². The highest BCUT2D eigenvalue weighted by atomic mass is 35.5. The highest BCUT2D eigenvalue weighted by molar-refractivity contribution is 6.30. The molecule has 5 aromatic rings. The van der Waals surface area contributed by atoms with Gasteiger partial charge in [-0.05, 0) is 48.5 Å². The molecule has 0 aliphatic carbocycles. The lowest BCUT2D eigenvalue weighted by atomic mass is 10.1. The summed E-state index contributed by atoms with van der Waals surface area (Å²) < 4.78 is 17.9. The van der Waals surface area contributed by atoms with Crippen molar-refractivity contribution in [2.24, 2.45) is 0 Å². The molecule has 0 spiro atoms. The van der Waals surface area contributed by atoms with E-state index in [1.165, 1.54) is 23.0 Å². The highest BCUT2D eigenvalue weighted by Gasteiger charge is 2.15. The summed E-state index contributed by atoms with van der Waals surface area (Å²) in [6.07, 6.45) is 4.65. The van der Waals surface area contributed by atoms with Crippen molar-refractivity contribution < 1.29 is 4.39 Å². The smallest absolute Gasteiger partial charge is 0.209 e. The van der Waals surface area contributed by atoms with Crippen molar-refractivity contribution in [3.05, 3.63) is 112 Å². The van der Waals surface area contributed by atoms with Crippen LogP contribution < -0.4 is 5.43 Å². The summed E-state index contributed by atoms with van der Waals surface area (Å²) in [7, 11) is 0. The van der Waals surface area contributed by atoms with Gasteiger partial charge in [-0.1, -0.05) is 29.8 Å². The van der Waals surface area contributed by atoms with Crippen LogP contribution in [0.1, 0.15) is 0 Å². The fourth-order valence-corrected chi connectivity index (χ4v) is 3.59. The first-order valence-corrected chi connectivity index (χ1v) is 10.1. The van der Waals surface area contributed by atoms with Crippen LogP contribution >= 0.6 is 11.6 Å². The highest BCUT2D eigenvalue weighted by Crippen LogP contribution is 2.23. The molecule has 3 aromatic heterocycles. The van der Waals surface area contributed by atoms with E-state index in [4.69, 9.17) is 11.6 Å². The van der Waals surface area contributed by atoms with Crippen molar-refractivity contribution in [3.8, 4) is 34.0 Å². The van der Waals surface area contributed by atoms with Gasteiger partial charge in [0, 0.05) is 29.0 Å². The number of benzene rings is 2. The molecule has 3 heterocycles. The third kappa shape index (κ3) is 3.70. The molecular formula is C24H15ClFN5O. The van der Waals surface area contributed by atoms with Crippen LogP contribution in [0.3, 0.4) is 0 Å². The molecular weight excluding hydrogens is 429 g/mol. The lowest BCUT2D eigenvalue weighted by molar-refractivity contribution is 0.609. The largest absolute Gasteiger partial charge is 0.287 e. The molecule has 0 amide bonds. The summed E-state index contributed by atoms with van der Waals surface area (Å²) in [5.74, 6) is -0.487. The van der Waals surface area contributed by atoms with E-state index in [1.807, 2.05) is 12.1 Å². The van der Waals surface area contributed by atoms with E-state index in [2.05, 4.69) is 15.2 Å². The summed E-state index contributed by atoms with van der Waals surface area (Å²) >= 11 is 6.10. The van der Waals surface area contributed by atoms with Gasteiger partial charge in [0.15, 0.2) is 5.69 Å². The second-order valence-corrected chi connectivity index (χ2v) is 7.40. The summed E-state index contributed by atoms with van der Waals surface area (Å²) in [5.41, 5.74) is 2.50. The molecule has 0 saturated heterocycles. The monoisotopic (exact) mass is 443 g/mol. The maximum Gasteiger partial charge on any atom is 0.209 e. The second kappa shape index (κ2) is 8.20. The molecule has 0 atom stereocenters. The fourth-order valence-electron chi connectivity index (χ4n) is 3.40. The number of rotatable bonds is 4. The molecule has 8 heteroatoms. The number of hydrogen-bond donors (Lipinski definition) is 0. The summed E-state index contributed by atoms with van der Waals surface area (Å²) in [6, 6.07) is 20.3. The first kappa shape index (κ1) is 19.8. The molecule has 2 aromatic carbocycles. The van der Waals surface area contributed by atoms with Crippen LogP contribution in [-0.2, 0) is 0 Å². The maximum absolute atomic E-state index is 15.0. The number of aromatic nitrogens is 5. The predicted molar refractivity (Wildman–Crippen MR) is 121 cm³/mol. The van der Waals surface area contributed by atoms with Gasteiger partial charge in [0.05, 0.1) is 23.3 Å². The zero-order chi connectivity index (χ0) is 22.1. The molecule has 0 unspecified atom stereocenters. The van der Waals surface area contributed by atoms with Crippen LogP contribution in [0.15, 0.2) is 96.2 Å². The van der Waals surface area contributed by atoms with Crippen LogP contribution in [-0.4, -0.2) is 24.5 Å². The standard InChI is InChI=1S/C24H15ClFN5O/c25-17-4-3-5-18(15-17)31-22(9-12-28-31)24-23(32)10-13-30(29-24)21-8-7-16(14-19(21)26)20-6-1-2-11-27-20/h1-15H. The Morgan fingerprint density at radius 3 is 2.59 bits per heavy atom. The van der Waals surface area contributed by atoms with Crippen LogP contribution in [0.2, 0.25) is 5.02 Å². The van der Waals surface area contributed by atoms with Gasteiger partial charge < -0.3 is 0 Å². The zero-order valence-corrected chi connectivity index (χ0v) is 17.3. The quantitative estimate of drug-likeness (QED) is 0.394. The van der Waals surface area contributed by atoms with E-state index in [0.29, 0.717) is 27.7 Å². The molecule has 0 aliphatic rings. The minimum absolute atomic E-state index is 0.137. The minimum Gasteiger partial charge on any atom is -0.287 e. The van der Waals surface area contributed by atoms with E-state index in [1.54, 1.807) is 65.6 Å². The van der Waals surface area contributed by atoms with Crippen LogP contribution in [0, 0.1) is 5.82 Å². The third-order valence-electron chi connectivity index (χ3n) is 4.90. The third-order valence-corrected chi connectivity index (χ3v) is 5.14. The maximum atomic E-state index is 15.0. The molecule has 0 radical (unpaired) electrons. The van der Waals surface area contributed by atoms with Crippen molar-refractivity contribution >= 4 is 11.6 Å². The van der Waals surface area contributed by atoms with Gasteiger partial charge in [-0.25, -0.2) is 13.8 Å². The zero-order valence-electron chi connectivity index (χ0n) is 16.6. The lowest BCUT2D eigenvalue weighted by Gasteiger charge is -2.11. The van der Waals surface area contributed by atoms with Crippen LogP contribution in [0.25, 0.3) is 34.0 Å². The first-order chi connectivity index (χ1) is 15.6. The van der Waals surface area contributed by atoms with E-state index in [0.717, 1.165) is 0 Å². The van der Waals surface area contributed by atoms with Crippen molar-refractivity contribution in [2.45, 2.75) is 0 Å². The molecule has 0 N–H and O–H groups in total. The Bertz CT molecular complexity index is 1480. The number of halogens is 2. The fraction of sp³-hybridized carbons (Fsp3) is 0. The number of pyridine rings is 1. The van der Waals surface area contributed by atoms with Gasteiger partial charge in [0.1, 0.15) is 11.5 Å². The molecule has 5 rings (SSSR count). The van der Waals surface area contributed by atoms with Crippen molar-refractivity contribution in [2.75, 3.05) is 0 Å². The number of nitrogens with zero attached hydrogens (tertiary/aromatic N) is 5. The van der Waals surface area contributed by atoms with Gasteiger partial charge >= 0.3 is 0 Å². The molecule has 0 bridgehead atoms. The van der Waals surface area contributed by atoms with Crippen molar-refractivity contribution in [3.63, 3.8) is 0 Å². The van der Waals surface area contributed by atoms with Gasteiger partial charge in [-0.15, -0.1) is 0 Å². The summed E-state index contributed by atoms with van der Waals surface area (Å²) in [4.78, 5) is 16.9. The van der Waals surface area contributed by atoms with Gasteiger partial charge in [0.25, 0.3) is 0 Å². The first-order valence-electron chi connectivity index (χ1n) is 9.72. The SMILES string of the molecule is O=c1ccn(-c2ccc(-c3ccccn3)cc2F)nc1-c1ccnn1-c1cccc(Cl)c1. The Labute approximate surface area is 187 Å². The van der Waals surface area contributed by atoms with Crippen LogP contribution in [0.4, 0.5) is 4.39 Å². The molecule has 156 valence electrons. The van der Waals surface area contributed by atoms with E-state index in [9.17, 15) is 9.18 Å². The number of hydrogen-bond acceptors (Lipinski definition) is 4. The molecule has 0 fully saturated rings. The Balaban J connectivity index is 1.58. The van der Waals surface area contributed by atoms with Gasteiger partial charge in [-0.2, -0.15) is 10.2 Å². The second-order valence-electron chi connectivity index (χ2n) is 6.96. The van der Waals surface area contributed by atoms with E-state index in [-0.39, 0.29) is 16.8 Å². The average Bonchev–Trinajstić information content (AvgIpc) is 3.30. The average molecular weight is 444 g/mol. The molecule has 0 saturated carbocycles. The predicted octanol–water partition coefficient (Wildman–Crippen LogP) is 4.94. The topological polar surface area (TPSA) is 65.6 Å². The summed E-state index contributed by atoms with van der Waals surface area (Å²) in [6.45, 7) is 0. The Morgan fingerprint density at radius 2 is 1.81 bits per heavy atom. The molecule has 6 nitrogen and oxygen atoms in total. The Hall–Kier alpha value is -4.10.